The fourth-order valence-corrected chi connectivity index (χ4v) is 1.85. The van der Waals surface area contributed by atoms with Crippen LogP contribution in [-0.4, -0.2) is 28.8 Å². The first-order valence-corrected chi connectivity index (χ1v) is 6.02. The van der Waals surface area contributed by atoms with E-state index < -0.39 is 0 Å². The summed E-state index contributed by atoms with van der Waals surface area (Å²) in [6.07, 6.45) is 3.55. The Morgan fingerprint density at radius 2 is 2.35 bits per heavy atom. The number of hydrogen-bond acceptors (Lipinski definition) is 4. The van der Waals surface area contributed by atoms with E-state index in [4.69, 9.17) is 16.3 Å². The van der Waals surface area contributed by atoms with Crippen LogP contribution >= 0.6 is 11.6 Å². The van der Waals surface area contributed by atoms with Crippen LogP contribution < -0.4 is 5.32 Å². The van der Waals surface area contributed by atoms with Crippen LogP contribution in [0.4, 0.5) is 5.82 Å². The highest BCUT2D eigenvalue weighted by molar-refractivity contribution is 6.29. The van der Waals surface area contributed by atoms with Crippen molar-refractivity contribution in [3.05, 3.63) is 17.3 Å². The molecule has 1 amide bonds. The summed E-state index contributed by atoms with van der Waals surface area (Å²) in [5, 5.41) is 10.4. The molecule has 0 aliphatic carbocycles. The van der Waals surface area contributed by atoms with Crippen LogP contribution in [0.3, 0.4) is 0 Å². The molecule has 1 aliphatic heterocycles. The summed E-state index contributed by atoms with van der Waals surface area (Å²) in [5.74, 6) is 0.309. The van der Waals surface area contributed by atoms with Gasteiger partial charge in [-0.1, -0.05) is 11.6 Å². The Balaban J connectivity index is 1.82. The quantitative estimate of drug-likeness (QED) is 0.898. The van der Waals surface area contributed by atoms with E-state index in [9.17, 15) is 4.79 Å². The molecule has 2 heterocycles. The molecule has 1 aromatic heterocycles. The van der Waals surface area contributed by atoms with Gasteiger partial charge in [0, 0.05) is 6.61 Å². The fourth-order valence-electron chi connectivity index (χ4n) is 1.75. The lowest BCUT2D eigenvalue weighted by atomic mass is 10.1. The van der Waals surface area contributed by atoms with Crippen molar-refractivity contribution in [2.24, 2.45) is 0 Å². The summed E-state index contributed by atoms with van der Waals surface area (Å²) in [7, 11) is 0. The molecule has 92 valence electrons. The number of amides is 1. The second-order valence-electron chi connectivity index (χ2n) is 3.98. The average molecular weight is 256 g/mol. The number of aromatic nitrogens is 2. The van der Waals surface area contributed by atoms with Gasteiger partial charge >= 0.3 is 0 Å². The molecule has 1 aliphatic rings. The molecule has 1 atom stereocenters. The maximum atomic E-state index is 11.7. The Bertz CT molecular complexity index is 377. The summed E-state index contributed by atoms with van der Waals surface area (Å²) in [4.78, 5) is 11.7. The number of carbonyl (C=O) groups excluding carboxylic acids is 1. The summed E-state index contributed by atoms with van der Waals surface area (Å²) < 4.78 is 5.49. The number of carbonyl (C=O) groups is 1. The van der Waals surface area contributed by atoms with Gasteiger partial charge in [0.1, 0.15) is 0 Å². The molecule has 1 saturated heterocycles. The van der Waals surface area contributed by atoms with E-state index in [-0.39, 0.29) is 12.0 Å². The van der Waals surface area contributed by atoms with Crippen LogP contribution in [0.2, 0.25) is 5.15 Å². The van der Waals surface area contributed by atoms with E-state index in [0.717, 1.165) is 25.9 Å². The van der Waals surface area contributed by atoms with E-state index in [1.54, 1.807) is 12.1 Å². The van der Waals surface area contributed by atoms with Crippen molar-refractivity contribution in [1.29, 1.82) is 0 Å². The fraction of sp³-hybridized carbons (Fsp3) is 0.545. The van der Waals surface area contributed by atoms with Gasteiger partial charge in [-0.2, -0.15) is 0 Å². The van der Waals surface area contributed by atoms with Crippen molar-refractivity contribution in [2.45, 2.75) is 31.8 Å². The Hall–Kier alpha value is -1.20. The Morgan fingerprint density at radius 1 is 1.47 bits per heavy atom. The molecule has 6 heteroatoms. The van der Waals surface area contributed by atoms with Gasteiger partial charge in [-0.15, -0.1) is 10.2 Å². The standard InChI is InChI=1S/C11H14ClN3O2/c12-9-4-5-10(15-14-9)13-11(16)7-8-3-1-2-6-17-8/h4-5,8H,1-3,6-7H2,(H,13,15,16). The number of anilines is 1. The molecule has 1 unspecified atom stereocenters. The first-order valence-electron chi connectivity index (χ1n) is 5.65. The zero-order valence-corrected chi connectivity index (χ0v) is 10.1. The van der Waals surface area contributed by atoms with Crippen LogP contribution in [0.25, 0.3) is 0 Å². The lowest BCUT2D eigenvalue weighted by Crippen LogP contribution is -2.25. The molecule has 1 N–H and O–H groups in total. The van der Waals surface area contributed by atoms with Crippen molar-refractivity contribution >= 4 is 23.3 Å². The maximum absolute atomic E-state index is 11.7. The van der Waals surface area contributed by atoms with Gasteiger partial charge in [0.05, 0.1) is 12.5 Å². The summed E-state index contributed by atoms with van der Waals surface area (Å²) >= 11 is 5.60. The minimum atomic E-state index is -0.103. The topological polar surface area (TPSA) is 64.1 Å². The minimum Gasteiger partial charge on any atom is -0.378 e. The van der Waals surface area contributed by atoms with Gasteiger partial charge in [-0.3, -0.25) is 4.79 Å². The predicted octanol–water partition coefficient (Wildman–Crippen LogP) is 2.03. The molecule has 2 rings (SSSR count). The predicted molar refractivity (Wildman–Crippen MR) is 63.9 cm³/mol. The van der Waals surface area contributed by atoms with Gasteiger partial charge in [0.15, 0.2) is 11.0 Å². The first-order chi connectivity index (χ1) is 8.24. The second kappa shape index (κ2) is 5.93. The van der Waals surface area contributed by atoms with Crippen LogP contribution in [0.15, 0.2) is 12.1 Å². The second-order valence-corrected chi connectivity index (χ2v) is 4.37. The summed E-state index contributed by atoms with van der Waals surface area (Å²) in [6, 6.07) is 3.20. The Labute approximate surface area is 105 Å². The molecular weight excluding hydrogens is 242 g/mol. The highest BCUT2D eigenvalue weighted by atomic mass is 35.5. The largest absolute Gasteiger partial charge is 0.378 e. The van der Waals surface area contributed by atoms with E-state index in [1.807, 2.05) is 0 Å². The smallest absolute Gasteiger partial charge is 0.228 e. The van der Waals surface area contributed by atoms with Crippen LogP contribution in [0.1, 0.15) is 25.7 Å². The molecule has 0 radical (unpaired) electrons. The molecular formula is C11H14ClN3O2. The normalized spacial score (nSPS) is 19.9. The zero-order chi connectivity index (χ0) is 12.1. The third kappa shape index (κ3) is 3.94. The van der Waals surface area contributed by atoms with E-state index in [0.29, 0.717) is 17.4 Å². The lowest BCUT2D eigenvalue weighted by molar-refractivity contribution is -0.119. The number of nitrogens with zero attached hydrogens (tertiary/aromatic N) is 2. The number of nitrogens with one attached hydrogen (secondary N) is 1. The highest BCUT2D eigenvalue weighted by Gasteiger charge is 2.17. The number of halogens is 1. The van der Waals surface area contributed by atoms with Crippen molar-refractivity contribution in [2.75, 3.05) is 11.9 Å². The third-order valence-electron chi connectivity index (χ3n) is 2.59. The molecule has 1 aromatic rings. The van der Waals surface area contributed by atoms with Crippen LogP contribution in [0, 0.1) is 0 Å². The van der Waals surface area contributed by atoms with Crippen molar-refractivity contribution in [3.8, 4) is 0 Å². The minimum absolute atomic E-state index is 0.0315. The van der Waals surface area contributed by atoms with Crippen molar-refractivity contribution in [3.63, 3.8) is 0 Å². The maximum Gasteiger partial charge on any atom is 0.228 e. The van der Waals surface area contributed by atoms with Gasteiger partial charge in [-0.25, -0.2) is 0 Å². The highest BCUT2D eigenvalue weighted by Crippen LogP contribution is 2.16. The van der Waals surface area contributed by atoms with E-state index in [1.165, 1.54) is 0 Å². The van der Waals surface area contributed by atoms with Crippen LogP contribution in [0.5, 0.6) is 0 Å². The van der Waals surface area contributed by atoms with Gasteiger partial charge in [0.2, 0.25) is 5.91 Å². The molecule has 1 fully saturated rings. The van der Waals surface area contributed by atoms with E-state index in [2.05, 4.69) is 15.5 Å². The SMILES string of the molecule is O=C(CC1CCCCO1)Nc1ccc(Cl)nn1. The number of rotatable bonds is 3. The molecule has 0 bridgehead atoms. The third-order valence-corrected chi connectivity index (χ3v) is 2.79. The molecule has 0 spiro atoms. The monoisotopic (exact) mass is 255 g/mol. The van der Waals surface area contributed by atoms with Crippen LogP contribution in [-0.2, 0) is 9.53 Å². The number of ether oxygens (including phenoxy) is 1. The van der Waals surface area contributed by atoms with E-state index >= 15 is 0 Å². The van der Waals surface area contributed by atoms with Crippen molar-refractivity contribution < 1.29 is 9.53 Å². The average Bonchev–Trinajstić information content (AvgIpc) is 2.33. The first kappa shape index (κ1) is 12.3. The summed E-state index contributed by atoms with van der Waals surface area (Å²) in [5.41, 5.74) is 0. The molecule has 17 heavy (non-hydrogen) atoms. The van der Waals surface area contributed by atoms with Gasteiger partial charge in [0.25, 0.3) is 0 Å². The molecule has 5 nitrogen and oxygen atoms in total. The van der Waals surface area contributed by atoms with Gasteiger partial charge in [-0.05, 0) is 31.4 Å². The van der Waals surface area contributed by atoms with Crippen molar-refractivity contribution in [1.82, 2.24) is 10.2 Å². The van der Waals surface area contributed by atoms with Gasteiger partial charge < -0.3 is 10.1 Å². The molecule has 0 saturated carbocycles. The number of hydrogen-bond donors (Lipinski definition) is 1. The summed E-state index contributed by atoms with van der Waals surface area (Å²) in [6.45, 7) is 0.749. The lowest BCUT2D eigenvalue weighted by Gasteiger charge is -2.21. The molecule has 0 aromatic carbocycles. The Kier molecular flexibility index (Phi) is 4.28. The Morgan fingerprint density at radius 3 is 3.00 bits per heavy atom. The zero-order valence-electron chi connectivity index (χ0n) is 9.36.